The maximum Gasteiger partial charge on any atom is 0.329 e. The van der Waals surface area contributed by atoms with Crippen LogP contribution in [0.3, 0.4) is 0 Å². The van der Waals surface area contributed by atoms with Crippen molar-refractivity contribution in [3.63, 3.8) is 0 Å². The molecule has 1 fully saturated rings. The van der Waals surface area contributed by atoms with Crippen molar-refractivity contribution in [2.24, 2.45) is 5.14 Å². The monoisotopic (exact) mass is 424 g/mol. The highest BCUT2D eigenvalue weighted by Gasteiger charge is 2.34. The molecule has 1 aliphatic rings. The molecule has 0 spiro atoms. The molecule has 3 amide bonds. The molecular formula is C20H16N4O5S. The molecule has 0 atom stereocenters. The fourth-order valence-electron chi connectivity index (χ4n) is 2.91. The van der Waals surface area contributed by atoms with E-state index in [1.54, 1.807) is 48.7 Å². The number of carbonyl (C=O) groups is 2. The molecule has 10 heteroatoms. The highest BCUT2D eigenvalue weighted by Crippen LogP contribution is 2.25. The second kappa shape index (κ2) is 7.58. The number of pyridine rings is 1. The van der Waals surface area contributed by atoms with Crippen molar-refractivity contribution in [3.8, 4) is 11.3 Å². The van der Waals surface area contributed by atoms with Crippen molar-refractivity contribution in [2.75, 3.05) is 0 Å². The summed E-state index contributed by atoms with van der Waals surface area (Å²) in [6.07, 6.45) is 3.02. The number of urea groups is 1. The third-order valence-electron chi connectivity index (χ3n) is 4.39. The number of nitrogens with one attached hydrogen (secondary N) is 1. The smallest absolute Gasteiger partial charge is 0.329 e. The van der Waals surface area contributed by atoms with Crippen LogP contribution in [-0.2, 0) is 21.4 Å². The highest BCUT2D eigenvalue weighted by atomic mass is 32.2. The molecule has 1 saturated heterocycles. The van der Waals surface area contributed by atoms with Gasteiger partial charge in [-0.15, -0.1) is 0 Å². The first-order valence-electron chi connectivity index (χ1n) is 8.79. The lowest BCUT2D eigenvalue weighted by Gasteiger charge is -2.10. The van der Waals surface area contributed by atoms with E-state index >= 15 is 0 Å². The van der Waals surface area contributed by atoms with Crippen LogP contribution in [0.1, 0.15) is 11.5 Å². The van der Waals surface area contributed by atoms with Gasteiger partial charge in [-0.1, -0.05) is 6.07 Å². The Hall–Kier alpha value is -3.76. The van der Waals surface area contributed by atoms with E-state index in [4.69, 9.17) is 9.56 Å². The van der Waals surface area contributed by atoms with Crippen LogP contribution < -0.4 is 10.5 Å². The largest absolute Gasteiger partial charge is 0.457 e. The van der Waals surface area contributed by atoms with E-state index in [9.17, 15) is 18.0 Å². The van der Waals surface area contributed by atoms with Gasteiger partial charge in [-0.05, 0) is 48.5 Å². The summed E-state index contributed by atoms with van der Waals surface area (Å²) in [7, 11) is -3.78. The number of sulfonamides is 1. The fraction of sp³-hybridized carbons (Fsp3) is 0.0500. The zero-order chi connectivity index (χ0) is 21.3. The van der Waals surface area contributed by atoms with Gasteiger partial charge in [0.25, 0.3) is 5.91 Å². The molecular weight excluding hydrogens is 408 g/mol. The van der Waals surface area contributed by atoms with Crippen LogP contribution >= 0.6 is 0 Å². The summed E-state index contributed by atoms with van der Waals surface area (Å²) in [5, 5.41) is 7.62. The van der Waals surface area contributed by atoms with Crippen molar-refractivity contribution in [1.82, 2.24) is 15.2 Å². The van der Waals surface area contributed by atoms with Crippen LogP contribution in [-0.4, -0.2) is 30.2 Å². The molecule has 30 heavy (non-hydrogen) atoms. The summed E-state index contributed by atoms with van der Waals surface area (Å²) < 4.78 is 28.4. The Morgan fingerprint density at radius 1 is 1.07 bits per heavy atom. The number of aromatic nitrogens is 1. The molecule has 0 aliphatic carbocycles. The maximum absolute atomic E-state index is 12.6. The molecule has 1 aromatic carbocycles. The first-order valence-corrected chi connectivity index (χ1v) is 10.3. The number of imide groups is 1. The van der Waals surface area contributed by atoms with Crippen LogP contribution in [0.5, 0.6) is 0 Å². The van der Waals surface area contributed by atoms with E-state index in [0.29, 0.717) is 22.8 Å². The first kappa shape index (κ1) is 19.6. The minimum absolute atomic E-state index is 0.00703. The Balaban J connectivity index is 1.53. The zero-order valence-electron chi connectivity index (χ0n) is 15.5. The number of benzene rings is 1. The lowest BCUT2D eigenvalue weighted by Crippen LogP contribution is -2.30. The molecule has 3 N–H and O–H groups in total. The van der Waals surface area contributed by atoms with Crippen LogP contribution in [0.2, 0.25) is 0 Å². The Bertz CT molecular complexity index is 1250. The van der Waals surface area contributed by atoms with Gasteiger partial charge in [0.05, 0.1) is 17.1 Å². The SMILES string of the molecule is NS(=O)(=O)c1ccc(-c2ccc(/C=C3/NC(=O)N(Cc4ccccn4)C3=O)o2)cc1. The third-order valence-corrected chi connectivity index (χ3v) is 5.32. The number of nitrogens with zero attached hydrogens (tertiary/aromatic N) is 2. The van der Waals surface area contributed by atoms with Crippen molar-refractivity contribution >= 4 is 28.0 Å². The van der Waals surface area contributed by atoms with Crippen molar-refractivity contribution < 1.29 is 22.4 Å². The molecule has 3 aromatic rings. The Kier molecular flexibility index (Phi) is 4.94. The minimum Gasteiger partial charge on any atom is -0.457 e. The maximum atomic E-state index is 12.6. The lowest BCUT2D eigenvalue weighted by molar-refractivity contribution is -0.123. The average Bonchev–Trinajstić information content (AvgIpc) is 3.29. The standard InChI is InChI=1S/C20H16N4O5S/c21-30(27,28)16-7-4-13(5-8-16)18-9-6-15(29-18)11-17-19(25)24(20(26)23-17)12-14-3-1-2-10-22-14/h1-11H,12H2,(H,23,26)(H2,21,27,28)/b17-11+. The van der Waals surface area contributed by atoms with E-state index in [1.807, 2.05) is 0 Å². The third kappa shape index (κ3) is 4.00. The topological polar surface area (TPSA) is 136 Å². The lowest BCUT2D eigenvalue weighted by atomic mass is 10.2. The molecule has 2 aromatic heterocycles. The number of primary sulfonamides is 1. The van der Waals surface area contributed by atoms with E-state index in [2.05, 4.69) is 10.3 Å². The molecule has 0 saturated carbocycles. The number of furan rings is 1. The van der Waals surface area contributed by atoms with Crippen molar-refractivity contribution in [3.05, 3.63) is 77.9 Å². The number of nitrogens with two attached hydrogens (primary N) is 1. The summed E-state index contributed by atoms with van der Waals surface area (Å²) in [6.45, 7) is 0.0582. The van der Waals surface area contributed by atoms with Gasteiger partial charge in [-0.2, -0.15) is 0 Å². The van der Waals surface area contributed by atoms with E-state index < -0.39 is 22.0 Å². The summed E-state index contributed by atoms with van der Waals surface area (Å²) >= 11 is 0. The van der Waals surface area contributed by atoms with Gasteiger partial charge in [0, 0.05) is 17.8 Å². The van der Waals surface area contributed by atoms with Gasteiger partial charge >= 0.3 is 6.03 Å². The van der Waals surface area contributed by atoms with Crippen LogP contribution in [0.15, 0.2) is 75.8 Å². The van der Waals surface area contributed by atoms with Crippen LogP contribution in [0.4, 0.5) is 4.79 Å². The van der Waals surface area contributed by atoms with Gasteiger partial charge in [0.2, 0.25) is 10.0 Å². The van der Waals surface area contributed by atoms with Gasteiger partial charge in [0.15, 0.2) is 0 Å². The molecule has 1 aliphatic heterocycles. The molecule has 3 heterocycles. The highest BCUT2D eigenvalue weighted by molar-refractivity contribution is 7.89. The van der Waals surface area contributed by atoms with Gasteiger partial charge in [0.1, 0.15) is 17.2 Å². The molecule has 0 radical (unpaired) electrons. The number of amides is 3. The van der Waals surface area contributed by atoms with Crippen LogP contribution in [0.25, 0.3) is 17.4 Å². The molecule has 152 valence electrons. The predicted octanol–water partition coefficient (Wildman–Crippen LogP) is 2.08. The Labute approximate surface area is 171 Å². The first-order chi connectivity index (χ1) is 14.3. The normalized spacial score (nSPS) is 15.6. The number of rotatable bonds is 5. The fourth-order valence-corrected chi connectivity index (χ4v) is 3.42. The molecule has 4 rings (SSSR count). The summed E-state index contributed by atoms with van der Waals surface area (Å²) in [5.41, 5.74) is 1.30. The quantitative estimate of drug-likeness (QED) is 0.475. The molecule has 0 unspecified atom stereocenters. The van der Waals surface area contributed by atoms with Gasteiger partial charge < -0.3 is 9.73 Å². The van der Waals surface area contributed by atoms with Gasteiger partial charge in [-0.3, -0.25) is 14.7 Å². The van der Waals surface area contributed by atoms with Crippen molar-refractivity contribution in [1.29, 1.82) is 0 Å². The van der Waals surface area contributed by atoms with Crippen LogP contribution in [0, 0.1) is 0 Å². The second-order valence-corrected chi connectivity index (χ2v) is 8.03. The van der Waals surface area contributed by atoms with Crippen molar-refractivity contribution in [2.45, 2.75) is 11.4 Å². The average molecular weight is 424 g/mol. The second-order valence-electron chi connectivity index (χ2n) is 6.47. The summed E-state index contributed by atoms with van der Waals surface area (Å²) in [6, 6.07) is 13.9. The van der Waals surface area contributed by atoms with Gasteiger partial charge in [-0.25, -0.2) is 18.4 Å². The molecule has 0 bridgehead atoms. The summed E-state index contributed by atoms with van der Waals surface area (Å²) in [5.74, 6) is 0.329. The summed E-state index contributed by atoms with van der Waals surface area (Å²) in [4.78, 5) is 29.9. The number of carbonyl (C=O) groups excluding carboxylic acids is 2. The number of hydrogen-bond acceptors (Lipinski definition) is 6. The van der Waals surface area contributed by atoms with E-state index in [1.165, 1.54) is 18.2 Å². The predicted molar refractivity (Wildman–Crippen MR) is 107 cm³/mol. The molecule has 9 nitrogen and oxygen atoms in total. The Morgan fingerprint density at radius 2 is 1.83 bits per heavy atom. The van der Waals surface area contributed by atoms with E-state index in [0.717, 1.165) is 4.90 Å². The zero-order valence-corrected chi connectivity index (χ0v) is 16.3. The van der Waals surface area contributed by atoms with E-state index in [-0.39, 0.29) is 17.1 Å². The Morgan fingerprint density at radius 3 is 2.50 bits per heavy atom. The minimum atomic E-state index is -3.78. The number of hydrogen-bond donors (Lipinski definition) is 2.